The van der Waals surface area contributed by atoms with E-state index < -0.39 is 0 Å². The van der Waals surface area contributed by atoms with Gasteiger partial charge in [-0.1, -0.05) is 0 Å². The van der Waals surface area contributed by atoms with Crippen LogP contribution in [0.5, 0.6) is 0 Å². The Kier molecular flexibility index (Phi) is 4.50. The highest BCUT2D eigenvalue weighted by Gasteiger charge is 2.53. The Morgan fingerprint density at radius 1 is 1.00 bits per heavy atom. The van der Waals surface area contributed by atoms with Gasteiger partial charge in [-0.05, 0) is 69.3 Å². The molecule has 0 aromatic carbocycles. The molecule has 0 radical (unpaired) electrons. The maximum absolute atomic E-state index is 13.0. The maximum Gasteiger partial charge on any atom is 0.409 e. The molecule has 5 fully saturated rings. The second-order valence-corrected chi connectivity index (χ2v) is 8.60. The van der Waals surface area contributed by atoms with Crippen LogP contribution in [0.1, 0.15) is 45.4 Å². The lowest BCUT2D eigenvalue weighted by atomic mass is 9.48. The second kappa shape index (κ2) is 6.65. The zero-order chi connectivity index (χ0) is 17.4. The minimum Gasteiger partial charge on any atom is -0.450 e. The van der Waals surface area contributed by atoms with Crippen LogP contribution in [0, 0.1) is 23.2 Å². The van der Waals surface area contributed by atoms with Crippen LogP contribution in [0.25, 0.3) is 0 Å². The fraction of sp³-hybridized carbons (Fsp3) is 0.800. The number of amides is 1. The van der Waals surface area contributed by atoms with Crippen molar-refractivity contribution in [3.05, 3.63) is 12.3 Å². The Balaban J connectivity index is 1.32. The summed E-state index contributed by atoms with van der Waals surface area (Å²) in [5.41, 5.74) is -0.0436. The zero-order valence-electron chi connectivity index (χ0n) is 15.3. The molecule has 4 aliphatic carbocycles. The molecule has 0 unspecified atom stereocenters. The zero-order valence-corrected chi connectivity index (χ0v) is 15.3. The van der Waals surface area contributed by atoms with Crippen LogP contribution in [-0.4, -0.2) is 54.5 Å². The molecule has 0 spiro atoms. The molecule has 1 saturated heterocycles. The first kappa shape index (κ1) is 16.9. The monoisotopic (exact) mass is 346 g/mol. The Bertz CT molecular complexity index is 528. The summed E-state index contributed by atoms with van der Waals surface area (Å²) in [5.74, 6) is 2.77. The van der Waals surface area contributed by atoms with Crippen LogP contribution in [0.15, 0.2) is 12.3 Å². The van der Waals surface area contributed by atoms with Crippen molar-refractivity contribution in [2.75, 3.05) is 32.8 Å². The molecule has 0 atom stereocenters. The van der Waals surface area contributed by atoms with Crippen LogP contribution < -0.4 is 0 Å². The van der Waals surface area contributed by atoms with Gasteiger partial charge in [-0.25, -0.2) is 4.79 Å². The first-order chi connectivity index (χ1) is 12.1. The van der Waals surface area contributed by atoms with Gasteiger partial charge in [0.15, 0.2) is 5.78 Å². The van der Waals surface area contributed by atoms with Crippen LogP contribution in [0.2, 0.25) is 0 Å². The van der Waals surface area contributed by atoms with Crippen molar-refractivity contribution in [3.63, 3.8) is 0 Å². The number of ether oxygens (including phenoxy) is 1. The van der Waals surface area contributed by atoms with Crippen molar-refractivity contribution in [1.82, 2.24) is 9.80 Å². The van der Waals surface area contributed by atoms with E-state index in [9.17, 15) is 9.59 Å². The van der Waals surface area contributed by atoms with Crippen molar-refractivity contribution in [2.24, 2.45) is 23.2 Å². The summed E-state index contributed by atoms with van der Waals surface area (Å²) < 4.78 is 5.05. The van der Waals surface area contributed by atoms with Gasteiger partial charge in [0, 0.05) is 37.8 Å². The smallest absolute Gasteiger partial charge is 0.409 e. The molecule has 5 heteroatoms. The van der Waals surface area contributed by atoms with Crippen LogP contribution in [0.3, 0.4) is 0 Å². The minimum atomic E-state index is -0.226. The van der Waals surface area contributed by atoms with Gasteiger partial charge in [0.2, 0.25) is 0 Å². The number of hydrogen-bond acceptors (Lipinski definition) is 4. The van der Waals surface area contributed by atoms with E-state index in [0.717, 1.165) is 50.1 Å². The summed E-state index contributed by atoms with van der Waals surface area (Å²) >= 11 is 0. The summed E-state index contributed by atoms with van der Waals surface area (Å²) in [6.07, 6.45) is 11.1. The maximum atomic E-state index is 13.0. The highest BCUT2D eigenvalue weighted by molar-refractivity contribution is 5.95. The fourth-order valence-corrected chi connectivity index (χ4v) is 6.03. The molecule has 0 aromatic rings. The van der Waals surface area contributed by atoms with Crippen molar-refractivity contribution in [3.8, 4) is 0 Å². The first-order valence-corrected chi connectivity index (χ1v) is 9.96. The molecule has 5 aliphatic rings. The number of piperazine rings is 1. The summed E-state index contributed by atoms with van der Waals surface area (Å²) in [6, 6.07) is 0. The Morgan fingerprint density at radius 3 is 2.08 bits per heavy atom. The van der Waals surface area contributed by atoms with E-state index in [1.807, 2.05) is 19.2 Å². The molecule has 1 heterocycles. The number of allylic oxidation sites excluding steroid dienone is 1. The molecule has 1 amide bonds. The fourth-order valence-electron chi connectivity index (χ4n) is 6.03. The van der Waals surface area contributed by atoms with Gasteiger partial charge in [-0.2, -0.15) is 0 Å². The molecule has 0 N–H and O–H groups in total. The number of carbonyl (C=O) groups excluding carboxylic acids is 2. The number of hydrogen-bond donors (Lipinski definition) is 0. The first-order valence-electron chi connectivity index (χ1n) is 9.96. The highest BCUT2D eigenvalue weighted by atomic mass is 16.6. The lowest BCUT2D eigenvalue weighted by Crippen LogP contribution is -2.50. The molecule has 138 valence electrons. The summed E-state index contributed by atoms with van der Waals surface area (Å²) in [7, 11) is 0. The lowest BCUT2D eigenvalue weighted by Gasteiger charge is -2.55. The van der Waals surface area contributed by atoms with E-state index in [0.29, 0.717) is 25.5 Å². The van der Waals surface area contributed by atoms with E-state index in [-0.39, 0.29) is 11.5 Å². The van der Waals surface area contributed by atoms with E-state index in [1.165, 1.54) is 19.3 Å². The molecule has 25 heavy (non-hydrogen) atoms. The van der Waals surface area contributed by atoms with Gasteiger partial charge in [0.25, 0.3) is 0 Å². The average molecular weight is 346 g/mol. The Labute approximate surface area is 150 Å². The average Bonchev–Trinajstić information content (AvgIpc) is 2.59. The Morgan fingerprint density at radius 2 is 1.56 bits per heavy atom. The van der Waals surface area contributed by atoms with Crippen LogP contribution in [0.4, 0.5) is 4.79 Å². The number of rotatable bonds is 4. The summed E-state index contributed by atoms with van der Waals surface area (Å²) in [4.78, 5) is 28.6. The Hall–Kier alpha value is -1.52. The molecule has 4 saturated carbocycles. The number of carbonyl (C=O) groups is 2. The molecule has 5 rings (SSSR count). The van der Waals surface area contributed by atoms with Crippen molar-refractivity contribution >= 4 is 11.9 Å². The third-order valence-electron chi connectivity index (χ3n) is 6.84. The minimum absolute atomic E-state index is 0.0436. The quantitative estimate of drug-likeness (QED) is 0.734. The van der Waals surface area contributed by atoms with E-state index in [4.69, 9.17) is 4.74 Å². The SMILES string of the molecule is CCOC(=O)N1CCN(/C=C/C(=O)C23CC4CC(CC(C4)C2)C3)CC1. The molecule has 0 aromatic heterocycles. The molecule has 5 nitrogen and oxygen atoms in total. The van der Waals surface area contributed by atoms with Gasteiger partial charge in [0.05, 0.1) is 6.61 Å². The molecule has 1 aliphatic heterocycles. The van der Waals surface area contributed by atoms with Gasteiger partial charge >= 0.3 is 6.09 Å². The second-order valence-electron chi connectivity index (χ2n) is 8.60. The third kappa shape index (κ3) is 3.30. The third-order valence-corrected chi connectivity index (χ3v) is 6.84. The number of nitrogens with zero attached hydrogens (tertiary/aromatic N) is 2. The molecule has 4 bridgehead atoms. The topological polar surface area (TPSA) is 49.9 Å². The number of ketones is 1. The van der Waals surface area contributed by atoms with Crippen LogP contribution in [-0.2, 0) is 9.53 Å². The predicted octanol–water partition coefficient (Wildman–Crippen LogP) is 3.06. The van der Waals surface area contributed by atoms with Gasteiger partial charge in [-0.15, -0.1) is 0 Å². The van der Waals surface area contributed by atoms with Crippen molar-refractivity contribution in [2.45, 2.75) is 45.4 Å². The summed E-state index contributed by atoms with van der Waals surface area (Å²) in [6.45, 7) is 5.10. The largest absolute Gasteiger partial charge is 0.450 e. The van der Waals surface area contributed by atoms with E-state index in [2.05, 4.69) is 4.90 Å². The van der Waals surface area contributed by atoms with E-state index >= 15 is 0 Å². The van der Waals surface area contributed by atoms with Gasteiger partial charge in [-0.3, -0.25) is 4.79 Å². The predicted molar refractivity (Wildman–Crippen MR) is 94.9 cm³/mol. The van der Waals surface area contributed by atoms with Gasteiger partial charge in [0.1, 0.15) is 0 Å². The van der Waals surface area contributed by atoms with Gasteiger partial charge < -0.3 is 14.5 Å². The lowest BCUT2D eigenvalue weighted by molar-refractivity contribution is -0.138. The van der Waals surface area contributed by atoms with E-state index in [1.54, 1.807) is 4.90 Å². The molecular weight excluding hydrogens is 316 g/mol. The van der Waals surface area contributed by atoms with Crippen molar-refractivity contribution < 1.29 is 14.3 Å². The van der Waals surface area contributed by atoms with Crippen molar-refractivity contribution in [1.29, 1.82) is 0 Å². The normalized spacial score (nSPS) is 36.9. The summed E-state index contributed by atoms with van der Waals surface area (Å²) in [5, 5.41) is 0. The standard InChI is InChI=1S/C20H30N2O3/c1-2-25-19(24)22-7-5-21(6-8-22)4-3-18(23)20-12-15-9-16(13-20)11-17(10-15)14-20/h3-4,15-17H,2,5-14H2,1H3/b4-3+. The molecular formula is C20H30N2O3. The van der Waals surface area contributed by atoms with Crippen LogP contribution >= 0.6 is 0 Å². The highest BCUT2D eigenvalue weighted by Crippen LogP contribution is 2.60.